The van der Waals surface area contributed by atoms with Gasteiger partial charge >= 0.3 is 0 Å². The quantitative estimate of drug-likeness (QED) is 0.753. The molecule has 0 aliphatic carbocycles. The molecule has 0 radical (unpaired) electrons. The van der Waals surface area contributed by atoms with E-state index < -0.39 is 0 Å². The first-order valence-corrected chi connectivity index (χ1v) is 7.30. The van der Waals surface area contributed by atoms with Crippen molar-refractivity contribution < 1.29 is 9.59 Å². The van der Waals surface area contributed by atoms with Gasteiger partial charge in [0.25, 0.3) is 0 Å². The molecule has 5 nitrogen and oxygen atoms in total. The summed E-state index contributed by atoms with van der Waals surface area (Å²) in [6, 6.07) is 5.28. The Morgan fingerprint density at radius 2 is 1.67 bits per heavy atom. The standard InChI is InChI=1S/C16H25N3O2/c1-5-15(20)18-13-7-6-8-14(11(13)4)19-16(21)9-12(17)10(2)3/h6-8,10,12H,5,9,17H2,1-4H3,(H,18,20)(H,19,21). The largest absolute Gasteiger partial charge is 0.327 e. The smallest absolute Gasteiger partial charge is 0.225 e. The molecule has 0 saturated carbocycles. The highest BCUT2D eigenvalue weighted by Gasteiger charge is 2.14. The normalized spacial score (nSPS) is 12.1. The SMILES string of the molecule is CCC(=O)Nc1cccc(NC(=O)CC(N)C(C)C)c1C. The number of nitrogens with two attached hydrogens (primary N) is 1. The van der Waals surface area contributed by atoms with Gasteiger partial charge in [0, 0.05) is 30.3 Å². The Kier molecular flexibility index (Phi) is 6.37. The van der Waals surface area contributed by atoms with Crippen molar-refractivity contribution in [2.24, 2.45) is 11.7 Å². The first kappa shape index (κ1) is 17.2. The summed E-state index contributed by atoms with van der Waals surface area (Å²) in [5, 5.41) is 5.67. The first-order valence-electron chi connectivity index (χ1n) is 7.30. The van der Waals surface area contributed by atoms with Crippen molar-refractivity contribution in [2.75, 3.05) is 10.6 Å². The van der Waals surface area contributed by atoms with E-state index >= 15 is 0 Å². The Morgan fingerprint density at radius 1 is 1.14 bits per heavy atom. The highest BCUT2D eigenvalue weighted by Crippen LogP contribution is 2.23. The van der Waals surface area contributed by atoms with E-state index in [9.17, 15) is 9.59 Å². The summed E-state index contributed by atoms with van der Waals surface area (Å²) in [7, 11) is 0. The summed E-state index contributed by atoms with van der Waals surface area (Å²) in [4.78, 5) is 23.5. The van der Waals surface area contributed by atoms with E-state index in [1.165, 1.54) is 0 Å². The molecule has 0 aliphatic heterocycles. The Labute approximate surface area is 126 Å². The van der Waals surface area contributed by atoms with Gasteiger partial charge < -0.3 is 16.4 Å². The highest BCUT2D eigenvalue weighted by atomic mass is 16.2. The van der Waals surface area contributed by atoms with Gasteiger partial charge in [0.15, 0.2) is 0 Å². The van der Waals surface area contributed by atoms with Gasteiger partial charge in [0.2, 0.25) is 11.8 Å². The fraction of sp³-hybridized carbons (Fsp3) is 0.500. The lowest BCUT2D eigenvalue weighted by molar-refractivity contribution is -0.117. The number of hydrogen-bond acceptors (Lipinski definition) is 3. The van der Waals surface area contributed by atoms with Crippen LogP contribution in [0.15, 0.2) is 18.2 Å². The van der Waals surface area contributed by atoms with Gasteiger partial charge in [-0.2, -0.15) is 0 Å². The molecule has 1 unspecified atom stereocenters. The number of carbonyl (C=O) groups is 2. The van der Waals surface area contributed by atoms with E-state index in [0.29, 0.717) is 17.8 Å². The summed E-state index contributed by atoms with van der Waals surface area (Å²) in [5.41, 5.74) is 8.16. The van der Waals surface area contributed by atoms with E-state index in [0.717, 1.165) is 5.56 Å². The maximum atomic E-state index is 12.0. The Morgan fingerprint density at radius 3 is 2.14 bits per heavy atom. The fourth-order valence-electron chi connectivity index (χ4n) is 1.80. The third-order valence-electron chi connectivity index (χ3n) is 3.48. The summed E-state index contributed by atoms with van der Waals surface area (Å²) >= 11 is 0. The predicted molar refractivity (Wildman–Crippen MR) is 86.2 cm³/mol. The van der Waals surface area contributed by atoms with Gasteiger partial charge in [0.05, 0.1) is 0 Å². The van der Waals surface area contributed by atoms with Crippen LogP contribution in [0.25, 0.3) is 0 Å². The van der Waals surface area contributed by atoms with Crippen LogP contribution in [-0.2, 0) is 9.59 Å². The van der Waals surface area contributed by atoms with Crippen LogP contribution in [0.4, 0.5) is 11.4 Å². The Bertz CT molecular complexity index is 512. The lowest BCUT2D eigenvalue weighted by Crippen LogP contribution is -2.31. The zero-order chi connectivity index (χ0) is 16.0. The maximum Gasteiger partial charge on any atom is 0.225 e. The van der Waals surface area contributed by atoms with E-state index in [4.69, 9.17) is 5.73 Å². The van der Waals surface area contributed by atoms with Crippen molar-refractivity contribution >= 4 is 23.2 Å². The van der Waals surface area contributed by atoms with Gasteiger partial charge in [0.1, 0.15) is 0 Å². The van der Waals surface area contributed by atoms with E-state index in [1.54, 1.807) is 13.0 Å². The minimum atomic E-state index is -0.159. The zero-order valence-corrected chi connectivity index (χ0v) is 13.2. The van der Waals surface area contributed by atoms with E-state index in [2.05, 4.69) is 10.6 Å². The molecule has 21 heavy (non-hydrogen) atoms. The van der Waals surface area contributed by atoms with Crippen LogP contribution >= 0.6 is 0 Å². The number of rotatable bonds is 6. The number of hydrogen-bond donors (Lipinski definition) is 3. The van der Waals surface area contributed by atoms with Crippen LogP contribution in [0, 0.1) is 12.8 Å². The summed E-state index contributed by atoms with van der Waals surface area (Å²) in [6.45, 7) is 7.64. The van der Waals surface area contributed by atoms with Crippen LogP contribution in [0.1, 0.15) is 39.2 Å². The van der Waals surface area contributed by atoms with Crippen LogP contribution in [-0.4, -0.2) is 17.9 Å². The fourth-order valence-corrected chi connectivity index (χ4v) is 1.80. The molecule has 1 rings (SSSR count). The molecule has 0 aliphatic rings. The van der Waals surface area contributed by atoms with Crippen LogP contribution in [0.2, 0.25) is 0 Å². The first-order chi connectivity index (χ1) is 9.85. The molecule has 5 heteroatoms. The average molecular weight is 291 g/mol. The van der Waals surface area contributed by atoms with Gasteiger partial charge in [-0.25, -0.2) is 0 Å². The van der Waals surface area contributed by atoms with Crippen molar-refractivity contribution in [1.82, 2.24) is 0 Å². The molecule has 4 N–H and O–H groups in total. The van der Waals surface area contributed by atoms with E-state index in [1.807, 2.05) is 32.9 Å². The molecule has 116 valence electrons. The number of amides is 2. The number of benzene rings is 1. The minimum Gasteiger partial charge on any atom is -0.327 e. The summed E-state index contributed by atoms with van der Waals surface area (Å²) in [5.74, 6) is 0.0914. The average Bonchev–Trinajstić information content (AvgIpc) is 2.42. The number of anilines is 2. The Hall–Kier alpha value is -1.88. The summed E-state index contributed by atoms with van der Waals surface area (Å²) in [6.07, 6.45) is 0.696. The van der Waals surface area contributed by atoms with Crippen molar-refractivity contribution in [3.63, 3.8) is 0 Å². The third-order valence-corrected chi connectivity index (χ3v) is 3.48. The second-order valence-corrected chi connectivity index (χ2v) is 5.54. The number of carbonyl (C=O) groups excluding carboxylic acids is 2. The third kappa shape index (κ3) is 5.19. The lowest BCUT2D eigenvalue weighted by Gasteiger charge is -2.17. The molecule has 0 aromatic heterocycles. The monoisotopic (exact) mass is 291 g/mol. The molecule has 0 spiro atoms. The maximum absolute atomic E-state index is 12.0. The van der Waals surface area contributed by atoms with Gasteiger partial charge in [-0.1, -0.05) is 26.8 Å². The van der Waals surface area contributed by atoms with Crippen molar-refractivity contribution in [2.45, 2.75) is 46.6 Å². The van der Waals surface area contributed by atoms with Crippen molar-refractivity contribution in [3.8, 4) is 0 Å². The van der Waals surface area contributed by atoms with Gasteiger partial charge in [-0.3, -0.25) is 9.59 Å². The van der Waals surface area contributed by atoms with Crippen molar-refractivity contribution in [1.29, 1.82) is 0 Å². The van der Waals surface area contributed by atoms with Gasteiger partial charge in [-0.15, -0.1) is 0 Å². The molecular formula is C16H25N3O2. The molecule has 1 aromatic rings. The number of nitrogens with one attached hydrogen (secondary N) is 2. The van der Waals surface area contributed by atoms with E-state index in [-0.39, 0.29) is 30.2 Å². The lowest BCUT2D eigenvalue weighted by atomic mass is 10.0. The highest BCUT2D eigenvalue weighted by molar-refractivity contribution is 5.95. The second kappa shape index (κ2) is 7.78. The van der Waals surface area contributed by atoms with Crippen molar-refractivity contribution in [3.05, 3.63) is 23.8 Å². The Balaban J connectivity index is 2.78. The van der Waals surface area contributed by atoms with Crippen LogP contribution in [0.3, 0.4) is 0 Å². The molecule has 0 bridgehead atoms. The molecule has 1 atom stereocenters. The molecule has 2 amide bonds. The molecule has 0 fully saturated rings. The predicted octanol–water partition coefficient (Wildman–Crippen LogP) is 2.66. The molecule has 0 heterocycles. The summed E-state index contributed by atoms with van der Waals surface area (Å²) < 4.78 is 0. The molecule has 1 aromatic carbocycles. The molecule has 0 saturated heterocycles. The topological polar surface area (TPSA) is 84.2 Å². The zero-order valence-electron chi connectivity index (χ0n) is 13.2. The van der Waals surface area contributed by atoms with Crippen LogP contribution in [0.5, 0.6) is 0 Å². The minimum absolute atomic E-state index is 0.0524. The van der Waals surface area contributed by atoms with Gasteiger partial charge in [-0.05, 0) is 30.5 Å². The molecular weight excluding hydrogens is 266 g/mol. The second-order valence-electron chi connectivity index (χ2n) is 5.54. The van der Waals surface area contributed by atoms with Crippen LogP contribution < -0.4 is 16.4 Å².